The SMILES string of the molecule is CCn1nccc1-c1nc(C2CC(=O)N(Cc3ccccc3OC)C2)no1. The molecule has 1 fully saturated rings. The molecule has 0 saturated carbocycles. The van der Waals surface area contributed by atoms with Crippen molar-refractivity contribution in [2.24, 2.45) is 0 Å². The molecule has 27 heavy (non-hydrogen) atoms. The second kappa shape index (κ2) is 7.22. The number of carbonyl (C=O) groups is 1. The van der Waals surface area contributed by atoms with E-state index in [0.29, 0.717) is 37.8 Å². The van der Waals surface area contributed by atoms with Gasteiger partial charge < -0.3 is 14.2 Å². The number of aryl methyl sites for hydroxylation is 1. The predicted molar refractivity (Wildman–Crippen MR) is 97.0 cm³/mol. The summed E-state index contributed by atoms with van der Waals surface area (Å²) >= 11 is 0. The molecular weight excluding hydrogens is 346 g/mol. The Bertz CT molecular complexity index is 948. The van der Waals surface area contributed by atoms with E-state index in [9.17, 15) is 4.79 Å². The standard InChI is InChI=1S/C19H21N5O3/c1-3-24-15(8-9-20-24)19-21-18(22-27-19)14-10-17(25)23(12-14)11-13-6-4-5-7-16(13)26-2/h4-9,14H,3,10-12H2,1-2H3. The van der Waals surface area contributed by atoms with Crippen molar-refractivity contribution in [3.05, 3.63) is 47.9 Å². The average molecular weight is 367 g/mol. The maximum Gasteiger partial charge on any atom is 0.276 e. The molecule has 3 heterocycles. The first-order chi connectivity index (χ1) is 13.2. The van der Waals surface area contributed by atoms with Crippen molar-refractivity contribution in [3.63, 3.8) is 0 Å². The average Bonchev–Trinajstić information content (AvgIpc) is 3.41. The Balaban J connectivity index is 1.50. The molecule has 8 nitrogen and oxygen atoms in total. The molecule has 1 aliphatic rings. The number of para-hydroxylation sites is 1. The Labute approximate surface area is 156 Å². The Morgan fingerprint density at radius 1 is 1.30 bits per heavy atom. The highest BCUT2D eigenvalue weighted by molar-refractivity contribution is 5.79. The fraction of sp³-hybridized carbons (Fsp3) is 0.368. The Morgan fingerprint density at radius 3 is 2.96 bits per heavy atom. The van der Waals surface area contributed by atoms with Crippen molar-refractivity contribution < 1.29 is 14.1 Å². The molecule has 1 aliphatic heterocycles. The monoisotopic (exact) mass is 367 g/mol. The van der Waals surface area contributed by atoms with E-state index in [-0.39, 0.29) is 11.8 Å². The lowest BCUT2D eigenvalue weighted by Crippen LogP contribution is -2.24. The summed E-state index contributed by atoms with van der Waals surface area (Å²) in [6, 6.07) is 9.57. The molecule has 1 amide bonds. The highest BCUT2D eigenvalue weighted by atomic mass is 16.5. The van der Waals surface area contributed by atoms with Gasteiger partial charge in [0.05, 0.1) is 7.11 Å². The smallest absolute Gasteiger partial charge is 0.276 e. The molecule has 2 aromatic heterocycles. The number of carbonyl (C=O) groups excluding carboxylic acids is 1. The van der Waals surface area contributed by atoms with E-state index in [2.05, 4.69) is 15.2 Å². The van der Waals surface area contributed by atoms with Gasteiger partial charge in [-0.15, -0.1) is 0 Å². The zero-order valence-corrected chi connectivity index (χ0v) is 15.3. The second-order valence-electron chi connectivity index (χ2n) is 6.48. The van der Waals surface area contributed by atoms with Gasteiger partial charge in [0.2, 0.25) is 5.91 Å². The Hall–Kier alpha value is -3.16. The molecule has 0 N–H and O–H groups in total. The van der Waals surface area contributed by atoms with Gasteiger partial charge in [-0.3, -0.25) is 9.48 Å². The zero-order valence-electron chi connectivity index (χ0n) is 15.3. The van der Waals surface area contributed by atoms with E-state index in [1.54, 1.807) is 18.0 Å². The summed E-state index contributed by atoms with van der Waals surface area (Å²) in [5.41, 5.74) is 1.76. The van der Waals surface area contributed by atoms with Crippen LogP contribution in [0.25, 0.3) is 11.6 Å². The summed E-state index contributed by atoms with van der Waals surface area (Å²) in [7, 11) is 1.63. The third-order valence-electron chi connectivity index (χ3n) is 4.81. The lowest BCUT2D eigenvalue weighted by molar-refractivity contribution is -0.128. The van der Waals surface area contributed by atoms with Gasteiger partial charge >= 0.3 is 0 Å². The number of nitrogens with zero attached hydrogens (tertiary/aromatic N) is 5. The van der Waals surface area contributed by atoms with Crippen LogP contribution in [0.1, 0.15) is 30.7 Å². The van der Waals surface area contributed by atoms with Crippen molar-refractivity contribution in [2.45, 2.75) is 32.4 Å². The van der Waals surface area contributed by atoms with Gasteiger partial charge in [0.25, 0.3) is 5.89 Å². The first-order valence-corrected chi connectivity index (χ1v) is 8.95. The lowest BCUT2D eigenvalue weighted by Gasteiger charge is -2.17. The summed E-state index contributed by atoms with van der Waals surface area (Å²) in [4.78, 5) is 18.8. The number of amides is 1. The van der Waals surface area contributed by atoms with Gasteiger partial charge in [-0.2, -0.15) is 10.1 Å². The van der Waals surface area contributed by atoms with Crippen LogP contribution in [0.5, 0.6) is 5.75 Å². The number of methoxy groups -OCH3 is 1. The first-order valence-electron chi connectivity index (χ1n) is 8.95. The third-order valence-corrected chi connectivity index (χ3v) is 4.81. The second-order valence-corrected chi connectivity index (χ2v) is 6.48. The molecular formula is C19H21N5O3. The predicted octanol–water partition coefficient (Wildman–Crippen LogP) is 2.48. The summed E-state index contributed by atoms with van der Waals surface area (Å²) < 4.78 is 12.6. The summed E-state index contributed by atoms with van der Waals surface area (Å²) in [6.07, 6.45) is 2.08. The summed E-state index contributed by atoms with van der Waals surface area (Å²) in [5.74, 6) is 1.77. The minimum atomic E-state index is -0.0808. The molecule has 1 aromatic carbocycles. The largest absolute Gasteiger partial charge is 0.496 e. The highest BCUT2D eigenvalue weighted by Gasteiger charge is 2.34. The number of rotatable bonds is 6. The van der Waals surface area contributed by atoms with Crippen LogP contribution in [0, 0.1) is 0 Å². The summed E-state index contributed by atoms with van der Waals surface area (Å²) in [6.45, 7) is 3.78. The number of hydrogen-bond donors (Lipinski definition) is 0. The molecule has 0 radical (unpaired) electrons. The molecule has 0 bridgehead atoms. The molecule has 1 saturated heterocycles. The van der Waals surface area contributed by atoms with Gasteiger partial charge in [0.1, 0.15) is 11.4 Å². The maximum absolute atomic E-state index is 12.5. The van der Waals surface area contributed by atoms with E-state index in [1.807, 2.05) is 42.2 Å². The fourth-order valence-electron chi connectivity index (χ4n) is 3.41. The third kappa shape index (κ3) is 3.30. The van der Waals surface area contributed by atoms with Gasteiger partial charge in [-0.1, -0.05) is 23.4 Å². The Kier molecular flexibility index (Phi) is 4.62. The summed E-state index contributed by atoms with van der Waals surface area (Å²) in [5, 5.41) is 8.33. The number of hydrogen-bond acceptors (Lipinski definition) is 6. The zero-order chi connectivity index (χ0) is 18.8. The molecule has 3 aromatic rings. The molecule has 8 heteroatoms. The van der Waals surface area contributed by atoms with Crippen molar-refractivity contribution in [1.82, 2.24) is 24.8 Å². The number of aromatic nitrogens is 4. The minimum absolute atomic E-state index is 0.0795. The number of benzene rings is 1. The number of ether oxygens (including phenoxy) is 1. The van der Waals surface area contributed by atoms with Crippen LogP contribution in [-0.2, 0) is 17.9 Å². The van der Waals surface area contributed by atoms with Gasteiger partial charge in [-0.05, 0) is 19.1 Å². The van der Waals surface area contributed by atoms with Crippen molar-refractivity contribution >= 4 is 5.91 Å². The molecule has 1 atom stereocenters. The quantitative estimate of drug-likeness (QED) is 0.665. The minimum Gasteiger partial charge on any atom is -0.496 e. The normalized spacial score (nSPS) is 16.9. The fourth-order valence-corrected chi connectivity index (χ4v) is 3.41. The van der Waals surface area contributed by atoms with Crippen LogP contribution in [0.2, 0.25) is 0 Å². The van der Waals surface area contributed by atoms with Crippen LogP contribution in [-0.4, -0.2) is 44.4 Å². The molecule has 0 aliphatic carbocycles. The van der Waals surface area contributed by atoms with Crippen LogP contribution >= 0.6 is 0 Å². The molecule has 140 valence electrons. The maximum atomic E-state index is 12.5. The van der Waals surface area contributed by atoms with Crippen LogP contribution in [0.4, 0.5) is 0 Å². The van der Waals surface area contributed by atoms with E-state index < -0.39 is 0 Å². The lowest BCUT2D eigenvalue weighted by atomic mass is 10.1. The van der Waals surface area contributed by atoms with Crippen molar-refractivity contribution in [3.8, 4) is 17.3 Å². The van der Waals surface area contributed by atoms with E-state index in [4.69, 9.17) is 9.26 Å². The van der Waals surface area contributed by atoms with Crippen LogP contribution in [0.15, 0.2) is 41.1 Å². The van der Waals surface area contributed by atoms with E-state index >= 15 is 0 Å². The Morgan fingerprint density at radius 2 is 2.15 bits per heavy atom. The van der Waals surface area contributed by atoms with Crippen molar-refractivity contribution in [1.29, 1.82) is 0 Å². The van der Waals surface area contributed by atoms with Crippen molar-refractivity contribution in [2.75, 3.05) is 13.7 Å². The molecule has 4 rings (SSSR count). The van der Waals surface area contributed by atoms with Crippen LogP contribution in [0.3, 0.4) is 0 Å². The number of likely N-dealkylation sites (tertiary alicyclic amines) is 1. The van der Waals surface area contributed by atoms with Gasteiger partial charge in [0.15, 0.2) is 5.82 Å². The van der Waals surface area contributed by atoms with E-state index in [1.165, 1.54) is 0 Å². The van der Waals surface area contributed by atoms with E-state index in [0.717, 1.165) is 17.0 Å². The van der Waals surface area contributed by atoms with Gasteiger partial charge in [0, 0.05) is 43.7 Å². The van der Waals surface area contributed by atoms with Crippen LogP contribution < -0.4 is 4.74 Å². The molecule has 0 spiro atoms. The topological polar surface area (TPSA) is 86.3 Å². The molecule has 1 unspecified atom stereocenters. The first kappa shape index (κ1) is 17.3. The van der Waals surface area contributed by atoms with Gasteiger partial charge in [-0.25, -0.2) is 0 Å². The highest BCUT2D eigenvalue weighted by Crippen LogP contribution is 2.30.